The zero-order chi connectivity index (χ0) is 14.6. The Morgan fingerprint density at radius 1 is 1.35 bits per heavy atom. The molecule has 110 valence electrons. The molecule has 20 heavy (non-hydrogen) atoms. The summed E-state index contributed by atoms with van der Waals surface area (Å²) in [5.41, 5.74) is 0.637. The van der Waals surface area contributed by atoms with Crippen LogP contribution in [0.5, 0.6) is 0 Å². The summed E-state index contributed by atoms with van der Waals surface area (Å²) in [5.74, 6) is 0.0815. The van der Waals surface area contributed by atoms with Gasteiger partial charge in [-0.25, -0.2) is 0 Å². The lowest BCUT2D eigenvalue weighted by molar-refractivity contribution is -0.126. The van der Waals surface area contributed by atoms with E-state index >= 15 is 0 Å². The first-order chi connectivity index (χ1) is 9.54. The van der Waals surface area contributed by atoms with Crippen LogP contribution < -0.4 is 5.32 Å². The summed E-state index contributed by atoms with van der Waals surface area (Å²) in [4.78, 5) is 12.6. The fraction of sp³-hybridized carbons (Fsp3) is 0.562. The number of aliphatic hydroxyl groups is 1. The van der Waals surface area contributed by atoms with Gasteiger partial charge in [0, 0.05) is 11.6 Å². The number of carbonyl (C=O) groups is 1. The van der Waals surface area contributed by atoms with Crippen molar-refractivity contribution < 1.29 is 9.90 Å². The molecule has 1 unspecified atom stereocenters. The van der Waals surface area contributed by atoms with Crippen LogP contribution in [0, 0.1) is 0 Å². The van der Waals surface area contributed by atoms with Gasteiger partial charge in [0.25, 0.3) is 0 Å². The quantitative estimate of drug-likeness (QED) is 0.877. The molecule has 0 saturated heterocycles. The van der Waals surface area contributed by atoms with Crippen molar-refractivity contribution in [3.8, 4) is 0 Å². The second kappa shape index (κ2) is 6.59. The van der Waals surface area contributed by atoms with E-state index in [0.717, 1.165) is 31.2 Å². The maximum Gasteiger partial charge on any atom is 0.230 e. The Kier molecular flexibility index (Phi) is 5.06. The van der Waals surface area contributed by atoms with E-state index in [2.05, 4.69) is 5.32 Å². The normalized spacial score (nSPS) is 18.8. The second-order valence-electron chi connectivity index (χ2n) is 5.69. The Morgan fingerprint density at radius 3 is 2.50 bits per heavy atom. The lowest BCUT2D eigenvalue weighted by Gasteiger charge is -2.28. The highest BCUT2D eigenvalue weighted by Crippen LogP contribution is 2.41. The Hall–Kier alpha value is -1.06. The van der Waals surface area contributed by atoms with E-state index in [4.69, 9.17) is 11.6 Å². The van der Waals surface area contributed by atoms with Gasteiger partial charge in [-0.15, -0.1) is 0 Å². The minimum absolute atomic E-state index is 0.0815. The maximum absolute atomic E-state index is 12.6. The molecule has 3 nitrogen and oxygen atoms in total. The van der Waals surface area contributed by atoms with Gasteiger partial charge in [0.15, 0.2) is 0 Å². The number of aliphatic hydroxyl groups excluding tert-OH is 1. The monoisotopic (exact) mass is 295 g/mol. The number of amides is 1. The van der Waals surface area contributed by atoms with Crippen LogP contribution in [0.25, 0.3) is 0 Å². The maximum atomic E-state index is 12.6. The van der Waals surface area contributed by atoms with Crippen LogP contribution in [-0.4, -0.2) is 23.7 Å². The molecule has 1 aromatic carbocycles. The van der Waals surface area contributed by atoms with E-state index in [9.17, 15) is 9.90 Å². The Morgan fingerprint density at radius 2 is 1.95 bits per heavy atom. The topological polar surface area (TPSA) is 49.3 Å². The van der Waals surface area contributed by atoms with Gasteiger partial charge in [-0.05, 0) is 43.9 Å². The van der Waals surface area contributed by atoms with Crippen molar-refractivity contribution in [3.63, 3.8) is 0 Å². The number of hydrogen-bond donors (Lipinski definition) is 2. The molecule has 0 spiro atoms. The lowest BCUT2D eigenvalue weighted by atomic mass is 9.78. The van der Waals surface area contributed by atoms with Crippen LogP contribution in [-0.2, 0) is 10.2 Å². The predicted molar refractivity (Wildman–Crippen MR) is 80.9 cm³/mol. The van der Waals surface area contributed by atoms with Gasteiger partial charge in [-0.3, -0.25) is 4.79 Å². The first-order valence-corrected chi connectivity index (χ1v) is 7.65. The van der Waals surface area contributed by atoms with Crippen LogP contribution in [0.3, 0.4) is 0 Å². The van der Waals surface area contributed by atoms with E-state index in [1.807, 2.05) is 24.3 Å². The molecule has 1 aliphatic rings. The molecular formula is C16H22ClNO2. The molecule has 0 aromatic heterocycles. The summed E-state index contributed by atoms with van der Waals surface area (Å²) in [6.45, 7) is 2.25. The van der Waals surface area contributed by atoms with Crippen molar-refractivity contribution in [2.24, 2.45) is 0 Å². The minimum Gasteiger partial charge on any atom is -0.393 e. The summed E-state index contributed by atoms with van der Waals surface area (Å²) < 4.78 is 0. The van der Waals surface area contributed by atoms with Crippen LogP contribution in [0.15, 0.2) is 24.3 Å². The molecule has 0 heterocycles. The fourth-order valence-electron chi connectivity index (χ4n) is 2.96. The molecule has 1 aliphatic carbocycles. The van der Waals surface area contributed by atoms with Gasteiger partial charge in [0.2, 0.25) is 5.91 Å². The van der Waals surface area contributed by atoms with Crippen molar-refractivity contribution in [1.82, 2.24) is 5.32 Å². The number of nitrogens with one attached hydrogen (secondary N) is 1. The minimum atomic E-state index is -0.413. The summed E-state index contributed by atoms with van der Waals surface area (Å²) in [7, 11) is 0. The van der Waals surface area contributed by atoms with Crippen molar-refractivity contribution >= 4 is 17.5 Å². The van der Waals surface area contributed by atoms with Gasteiger partial charge in [0.05, 0.1) is 11.5 Å². The average Bonchev–Trinajstić information content (AvgIpc) is 2.89. The fourth-order valence-corrected chi connectivity index (χ4v) is 3.08. The number of halogens is 1. The van der Waals surface area contributed by atoms with Crippen molar-refractivity contribution in [1.29, 1.82) is 0 Å². The van der Waals surface area contributed by atoms with E-state index < -0.39 is 5.41 Å². The molecule has 0 bridgehead atoms. The molecule has 1 saturated carbocycles. The highest BCUT2D eigenvalue weighted by Gasteiger charge is 2.42. The van der Waals surface area contributed by atoms with Crippen LogP contribution in [0.2, 0.25) is 5.02 Å². The first-order valence-electron chi connectivity index (χ1n) is 7.27. The van der Waals surface area contributed by atoms with Gasteiger partial charge >= 0.3 is 0 Å². The zero-order valence-corrected chi connectivity index (χ0v) is 12.6. The van der Waals surface area contributed by atoms with Gasteiger partial charge in [-0.1, -0.05) is 36.6 Å². The van der Waals surface area contributed by atoms with Gasteiger partial charge in [0.1, 0.15) is 0 Å². The molecule has 0 aliphatic heterocycles. The molecule has 2 rings (SSSR count). The summed E-state index contributed by atoms with van der Waals surface area (Å²) in [6, 6.07) is 7.61. The third-order valence-electron chi connectivity index (χ3n) is 4.14. The smallest absolute Gasteiger partial charge is 0.230 e. The van der Waals surface area contributed by atoms with Gasteiger partial charge in [-0.2, -0.15) is 0 Å². The lowest BCUT2D eigenvalue weighted by Crippen LogP contribution is -2.43. The van der Waals surface area contributed by atoms with Crippen molar-refractivity contribution in [2.75, 3.05) is 6.54 Å². The van der Waals surface area contributed by atoms with Crippen LogP contribution in [0.4, 0.5) is 0 Å². The molecule has 4 heteroatoms. The van der Waals surface area contributed by atoms with E-state index in [-0.39, 0.29) is 12.0 Å². The summed E-state index contributed by atoms with van der Waals surface area (Å²) in [6.07, 6.45) is 4.12. The summed E-state index contributed by atoms with van der Waals surface area (Å²) in [5, 5.41) is 12.9. The SMILES string of the molecule is CC(O)CCNC(=O)C1(c2ccc(Cl)cc2)CCCC1. The third-order valence-corrected chi connectivity index (χ3v) is 4.39. The van der Waals surface area contributed by atoms with Crippen molar-refractivity contribution in [3.05, 3.63) is 34.9 Å². The van der Waals surface area contributed by atoms with Gasteiger partial charge < -0.3 is 10.4 Å². The molecule has 1 atom stereocenters. The molecule has 1 amide bonds. The molecule has 2 N–H and O–H groups in total. The Balaban J connectivity index is 2.13. The zero-order valence-electron chi connectivity index (χ0n) is 11.9. The van der Waals surface area contributed by atoms with E-state index in [1.54, 1.807) is 6.92 Å². The molecule has 1 aromatic rings. The van der Waals surface area contributed by atoms with Crippen LogP contribution >= 0.6 is 11.6 Å². The molecular weight excluding hydrogens is 274 g/mol. The number of rotatable bonds is 5. The predicted octanol–water partition coefficient (Wildman–Crippen LogP) is 3.04. The van der Waals surface area contributed by atoms with E-state index in [1.165, 1.54) is 0 Å². The summed E-state index contributed by atoms with van der Waals surface area (Å²) >= 11 is 5.93. The average molecular weight is 296 g/mol. The van der Waals surface area contributed by atoms with E-state index in [0.29, 0.717) is 18.0 Å². The number of carbonyl (C=O) groups excluding carboxylic acids is 1. The standard InChI is InChI=1S/C16H22ClNO2/c1-12(19)8-11-18-15(20)16(9-2-3-10-16)13-4-6-14(17)7-5-13/h4-7,12,19H,2-3,8-11H2,1H3,(H,18,20). The molecule has 0 radical (unpaired) electrons. The highest BCUT2D eigenvalue weighted by atomic mass is 35.5. The number of benzene rings is 1. The van der Waals surface area contributed by atoms with Crippen LogP contribution in [0.1, 0.15) is 44.6 Å². The highest BCUT2D eigenvalue weighted by molar-refractivity contribution is 6.30. The van der Waals surface area contributed by atoms with Crippen molar-refractivity contribution in [2.45, 2.75) is 50.5 Å². The largest absolute Gasteiger partial charge is 0.393 e. The molecule has 1 fully saturated rings. The second-order valence-corrected chi connectivity index (χ2v) is 6.13. The Bertz CT molecular complexity index is 450. The Labute approximate surface area is 125 Å². The number of hydrogen-bond acceptors (Lipinski definition) is 2. The third kappa shape index (κ3) is 3.33. The first kappa shape index (κ1) is 15.3.